The van der Waals surface area contributed by atoms with Crippen LogP contribution in [0.5, 0.6) is 5.75 Å². The maximum Gasteiger partial charge on any atom is 0.355 e. The van der Waals surface area contributed by atoms with Gasteiger partial charge in [0.15, 0.2) is 10.8 Å². The number of nitrogens with one attached hydrogen (secondary N) is 3. The predicted molar refractivity (Wildman–Crippen MR) is 268 cm³/mol. The fraction of sp³-hybridized carbons (Fsp3) is 0.321. The Kier molecular flexibility index (Phi) is 13.1. The van der Waals surface area contributed by atoms with Gasteiger partial charge < -0.3 is 25.0 Å². The van der Waals surface area contributed by atoms with Crippen LogP contribution in [0.3, 0.4) is 0 Å². The Hall–Kier alpha value is -7.50. The highest BCUT2D eigenvalue weighted by Crippen LogP contribution is 2.36. The van der Waals surface area contributed by atoms with Gasteiger partial charge in [0.05, 0.1) is 39.6 Å². The van der Waals surface area contributed by atoms with Gasteiger partial charge >= 0.3 is 5.97 Å². The first-order chi connectivity index (χ1) is 34.0. The normalized spacial score (nSPS) is 16.5. The number of anilines is 3. The number of fused-ring (bicyclic) bond motifs is 3. The lowest BCUT2D eigenvalue weighted by molar-refractivity contribution is -0.134. The van der Waals surface area contributed by atoms with Crippen molar-refractivity contribution in [1.29, 1.82) is 0 Å². The first kappa shape index (κ1) is 46.2. The van der Waals surface area contributed by atoms with E-state index < -0.39 is 11.9 Å². The van der Waals surface area contributed by atoms with E-state index in [1.807, 2.05) is 103 Å². The summed E-state index contributed by atoms with van der Waals surface area (Å²) in [6, 6.07) is 28.4. The Morgan fingerprint density at radius 2 is 1.69 bits per heavy atom. The van der Waals surface area contributed by atoms with Gasteiger partial charge in [0, 0.05) is 56.0 Å². The predicted octanol–water partition coefficient (Wildman–Crippen LogP) is 8.10. The standard InChI is InChI=1S/C53H53N9O7S/c1-31-34(35-17-19-44(56-48(35)52(67)68)62-27-23-33-9-5-11-36(39(33)30-62)50(65)58-53-55-40-13-3-4-16-43(40)70-53)10-7-15-42(31)69-28-8-24-61-25-21-32(22-26-61)29-46(64)54-41-14-6-12-37-47(59-60(2)49(37)41)38-18-20-45(63)57-51(38)66/h3-7,9-17,19,32,38H,8,18,20-30H2,1-2H3,(H,54,64)(H,67,68)(H,55,58,65)(H,57,63,66). The number of likely N-dealkylation sites (tertiary alicyclic amines) is 1. The minimum atomic E-state index is -1.13. The summed E-state index contributed by atoms with van der Waals surface area (Å²) in [4.78, 5) is 77.9. The second kappa shape index (κ2) is 19.8. The lowest BCUT2D eigenvalue weighted by Crippen LogP contribution is -2.39. The minimum absolute atomic E-state index is 0.0577. The summed E-state index contributed by atoms with van der Waals surface area (Å²) in [7, 11) is 1.80. The van der Waals surface area contributed by atoms with Crippen molar-refractivity contribution in [2.24, 2.45) is 13.0 Å². The molecule has 2 saturated heterocycles. The van der Waals surface area contributed by atoms with Crippen molar-refractivity contribution in [2.75, 3.05) is 48.3 Å². The molecule has 0 bridgehead atoms. The van der Waals surface area contributed by atoms with Gasteiger partial charge in [-0.05, 0) is 123 Å². The molecule has 1 unspecified atom stereocenters. The van der Waals surface area contributed by atoms with Gasteiger partial charge in [0.1, 0.15) is 11.6 Å². The number of rotatable bonds is 14. The van der Waals surface area contributed by atoms with E-state index in [2.05, 4.69) is 30.9 Å². The molecule has 3 aliphatic rings. The van der Waals surface area contributed by atoms with Gasteiger partial charge in [-0.15, -0.1) is 0 Å². The van der Waals surface area contributed by atoms with E-state index in [0.717, 1.165) is 82.3 Å². The lowest BCUT2D eigenvalue weighted by Gasteiger charge is -2.31. The van der Waals surface area contributed by atoms with E-state index in [-0.39, 0.29) is 41.7 Å². The van der Waals surface area contributed by atoms with E-state index in [4.69, 9.17) is 9.72 Å². The number of aryl methyl sites for hydroxylation is 1. The fourth-order valence-electron chi connectivity index (χ4n) is 10.2. The number of para-hydroxylation sites is 2. The molecule has 3 aromatic heterocycles. The van der Waals surface area contributed by atoms with Crippen LogP contribution < -0.4 is 25.6 Å². The Bertz CT molecular complexity index is 3160. The number of hydrogen-bond acceptors (Lipinski definition) is 12. The molecule has 4 aromatic carbocycles. The van der Waals surface area contributed by atoms with Crippen LogP contribution in [0.15, 0.2) is 91.0 Å². The van der Waals surface area contributed by atoms with E-state index in [9.17, 15) is 29.1 Å². The fourth-order valence-corrected chi connectivity index (χ4v) is 11.0. The SMILES string of the molecule is Cc1c(OCCCN2CCC(CC(=O)Nc3cccc4c(C5CCC(=O)NC5=O)nn(C)c34)CC2)cccc1-c1ccc(N2CCc3cccc(C(=O)Nc4nc5ccccc5s4)c3C2)nc1C(=O)O. The van der Waals surface area contributed by atoms with Crippen molar-refractivity contribution in [3.63, 3.8) is 0 Å². The van der Waals surface area contributed by atoms with E-state index in [1.54, 1.807) is 11.7 Å². The number of thiazole rings is 1. The van der Waals surface area contributed by atoms with Crippen molar-refractivity contribution in [2.45, 2.75) is 64.3 Å². The zero-order chi connectivity index (χ0) is 48.5. The van der Waals surface area contributed by atoms with Gasteiger partial charge in [0.25, 0.3) is 5.91 Å². The number of piperidine rings is 2. The summed E-state index contributed by atoms with van der Waals surface area (Å²) < 4.78 is 8.99. The monoisotopic (exact) mass is 959 g/mol. The van der Waals surface area contributed by atoms with Crippen LogP contribution in [-0.4, -0.2) is 92.1 Å². The number of imide groups is 1. The summed E-state index contributed by atoms with van der Waals surface area (Å²) >= 11 is 1.42. The molecule has 16 nitrogen and oxygen atoms in total. The number of benzene rings is 4. The molecule has 0 spiro atoms. The molecule has 1 atom stereocenters. The van der Waals surface area contributed by atoms with Gasteiger partial charge in [-0.2, -0.15) is 5.10 Å². The van der Waals surface area contributed by atoms with E-state index in [1.165, 1.54) is 11.3 Å². The highest BCUT2D eigenvalue weighted by atomic mass is 32.1. The maximum atomic E-state index is 13.6. The molecule has 7 aromatic rings. The number of aromatic nitrogens is 4. The summed E-state index contributed by atoms with van der Waals surface area (Å²) in [5.74, 6) is -1.13. The van der Waals surface area contributed by atoms with Crippen molar-refractivity contribution in [3.8, 4) is 16.9 Å². The molecule has 0 radical (unpaired) electrons. The minimum Gasteiger partial charge on any atom is -0.493 e. The quantitative estimate of drug-likeness (QED) is 0.0604. The largest absolute Gasteiger partial charge is 0.493 e. The number of ether oxygens (including phenoxy) is 1. The number of aromatic carboxylic acids is 1. The number of carboxylic acids is 1. The molecule has 4 amide bonds. The van der Waals surface area contributed by atoms with Crippen LogP contribution in [0.1, 0.15) is 87.7 Å². The van der Waals surface area contributed by atoms with Crippen LogP contribution in [-0.2, 0) is 34.4 Å². The molecule has 4 N–H and O–H groups in total. The van der Waals surface area contributed by atoms with E-state index in [0.29, 0.717) is 78.2 Å². The number of pyridine rings is 1. The second-order valence-electron chi connectivity index (χ2n) is 18.3. The zero-order valence-electron chi connectivity index (χ0n) is 39.0. The highest BCUT2D eigenvalue weighted by molar-refractivity contribution is 7.22. The first-order valence-corrected chi connectivity index (χ1v) is 24.6. The second-order valence-corrected chi connectivity index (χ2v) is 19.3. The Balaban J connectivity index is 0.719. The van der Waals surface area contributed by atoms with Gasteiger partial charge in [-0.3, -0.25) is 34.5 Å². The molecular formula is C53H53N9O7S. The average molecular weight is 960 g/mol. The lowest BCUT2D eigenvalue weighted by atomic mass is 9.92. The Morgan fingerprint density at radius 1 is 0.871 bits per heavy atom. The molecular weight excluding hydrogens is 907 g/mol. The van der Waals surface area contributed by atoms with Crippen molar-refractivity contribution >= 4 is 78.7 Å². The molecule has 358 valence electrons. The van der Waals surface area contributed by atoms with Crippen LogP contribution in [0.2, 0.25) is 0 Å². The molecule has 0 saturated carbocycles. The first-order valence-electron chi connectivity index (χ1n) is 23.8. The van der Waals surface area contributed by atoms with Crippen LogP contribution in [0.25, 0.3) is 32.2 Å². The smallest absolute Gasteiger partial charge is 0.355 e. The highest BCUT2D eigenvalue weighted by Gasteiger charge is 2.33. The number of hydrogen-bond donors (Lipinski definition) is 4. The van der Waals surface area contributed by atoms with Crippen molar-refractivity contribution in [1.82, 2.24) is 30.0 Å². The summed E-state index contributed by atoms with van der Waals surface area (Å²) in [5.41, 5.74) is 7.31. The van der Waals surface area contributed by atoms with Gasteiger partial charge in [0.2, 0.25) is 17.7 Å². The number of carboxylic acid groups (broad SMARTS) is 1. The van der Waals surface area contributed by atoms with Gasteiger partial charge in [-0.1, -0.05) is 59.9 Å². The third-order valence-electron chi connectivity index (χ3n) is 13.8. The van der Waals surface area contributed by atoms with Crippen LogP contribution >= 0.6 is 11.3 Å². The van der Waals surface area contributed by atoms with Crippen LogP contribution in [0.4, 0.5) is 16.6 Å². The number of nitrogens with zero attached hydrogens (tertiary/aromatic N) is 6. The molecule has 3 aliphatic heterocycles. The molecule has 6 heterocycles. The third-order valence-corrected chi connectivity index (χ3v) is 14.8. The number of amides is 4. The average Bonchev–Trinajstić information content (AvgIpc) is 3.93. The summed E-state index contributed by atoms with van der Waals surface area (Å²) in [6.45, 7) is 6.03. The van der Waals surface area contributed by atoms with Gasteiger partial charge in [-0.25, -0.2) is 14.8 Å². The maximum absolute atomic E-state index is 13.6. The van der Waals surface area contributed by atoms with Crippen molar-refractivity contribution < 1.29 is 33.8 Å². The topological polar surface area (TPSA) is 201 Å². The van der Waals surface area contributed by atoms with E-state index >= 15 is 0 Å². The molecule has 10 rings (SSSR count). The number of carbonyl (C=O) groups is 5. The summed E-state index contributed by atoms with van der Waals surface area (Å²) in [5, 5.41) is 24.9. The van der Waals surface area contributed by atoms with Crippen LogP contribution in [0, 0.1) is 12.8 Å². The molecule has 70 heavy (non-hydrogen) atoms. The summed E-state index contributed by atoms with van der Waals surface area (Å²) in [6.07, 6.45) is 4.34. The van der Waals surface area contributed by atoms with Crippen molar-refractivity contribution in [3.05, 3.63) is 125 Å². The Labute approximate surface area is 408 Å². The Morgan fingerprint density at radius 3 is 2.50 bits per heavy atom. The number of carbonyl (C=O) groups excluding carboxylic acids is 4. The molecule has 2 fully saturated rings. The zero-order valence-corrected chi connectivity index (χ0v) is 39.8. The molecule has 0 aliphatic carbocycles. The third kappa shape index (κ3) is 9.58. The molecule has 17 heteroatoms.